The minimum absolute atomic E-state index is 0.0675. The highest BCUT2D eigenvalue weighted by Crippen LogP contribution is 2.41. The third kappa shape index (κ3) is 2.24. The van der Waals surface area contributed by atoms with Crippen LogP contribution in [0.1, 0.15) is 50.2 Å². The number of nitrogens with zero attached hydrogens (tertiary/aromatic N) is 3. The van der Waals surface area contributed by atoms with Gasteiger partial charge in [0.05, 0.1) is 11.8 Å². The van der Waals surface area contributed by atoms with Gasteiger partial charge in [-0.05, 0) is 27.2 Å². The van der Waals surface area contributed by atoms with Crippen molar-refractivity contribution >= 4 is 5.65 Å². The molecule has 1 aliphatic carbocycles. The largest absolute Gasteiger partial charge is 0.392 e. The van der Waals surface area contributed by atoms with Crippen molar-refractivity contribution < 1.29 is 5.11 Å². The molecule has 1 aliphatic rings. The van der Waals surface area contributed by atoms with Crippen molar-refractivity contribution in [1.82, 2.24) is 19.9 Å². The molecular weight excluding hydrogens is 264 g/mol. The van der Waals surface area contributed by atoms with Crippen LogP contribution in [0.3, 0.4) is 0 Å². The number of fused-ring (bicyclic) bond motifs is 1. The molecule has 0 aliphatic heterocycles. The summed E-state index contributed by atoms with van der Waals surface area (Å²) < 4.78 is 1.91. The molecule has 2 aromatic rings. The summed E-state index contributed by atoms with van der Waals surface area (Å²) in [5.41, 5.74) is 4.07. The smallest absolute Gasteiger partial charge is 0.155 e. The molecule has 2 N–H and O–H groups in total. The van der Waals surface area contributed by atoms with E-state index in [1.54, 1.807) is 0 Å². The van der Waals surface area contributed by atoms with E-state index < -0.39 is 0 Å². The quantitative estimate of drug-likeness (QED) is 0.908. The first-order valence-corrected chi connectivity index (χ1v) is 7.56. The highest BCUT2D eigenvalue weighted by atomic mass is 16.3. The molecule has 2 aromatic heterocycles. The van der Waals surface area contributed by atoms with Crippen molar-refractivity contribution in [3.05, 3.63) is 29.2 Å². The maximum atomic E-state index is 9.86. The van der Waals surface area contributed by atoms with Crippen LogP contribution in [0.25, 0.3) is 5.65 Å². The summed E-state index contributed by atoms with van der Waals surface area (Å²) in [6, 6.07) is 2.50. The summed E-state index contributed by atoms with van der Waals surface area (Å²) in [4.78, 5) is 4.50. The highest BCUT2D eigenvalue weighted by molar-refractivity contribution is 5.42. The van der Waals surface area contributed by atoms with Crippen LogP contribution in [-0.2, 0) is 0 Å². The van der Waals surface area contributed by atoms with Gasteiger partial charge in [-0.1, -0.05) is 13.8 Å². The number of aliphatic hydroxyl groups is 1. The predicted octanol–water partition coefficient (Wildman–Crippen LogP) is 2.16. The Bertz CT molecular complexity index is 676. The lowest BCUT2D eigenvalue weighted by Gasteiger charge is -2.50. The van der Waals surface area contributed by atoms with Crippen molar-refractivity contribution in [3.63, 3.8) is 0 Å². The summed E-state index contributed by atoms with van der Waals surface area (Å²) in [6.07, 6.45) is 2.54. The van der Waals surface area contributed by atoms with Crippen molar-refractivity contribution in [2.75, 3.05) is 0 Å². The molecule has 0 bridgehead atoms. The zero-order chi connectivity index (χ0) is 15.4. The Hall–Kier alpha value is -1.46. The fourth-order valence-electron chi connectivity index (χ4n) is 3.18. The summed E-state index contributed by atoms with van der Waals surface area (Å²) in [5.74, 6) is 0. The minimum atomic E-state index is -0.210. The standard InChI is InChI=1S/C16H24N4O/c1-9-6-15-17-8-12(11(3)20(15)19-9)10(2)18-13-7-14(21)16(13,4)5/h6,8,10,13-14,18,21H,7H2,1-5H3. The van der Waals surface area contributed by atoms with E-state index in [1.165, 1.54) is 0 Å². The minimum Gasteiger partial charge on any atom is -0.392 e. The zero-order valence-corrected chi connectivity index (χ0v) is 13.4. The number of hydrogen-bond donors (Lipinski definition) is 2. The first-order chi connectivity index (χ1) is 9.80. The van der Waals surface area contributed by atoms with Crippen LogP contribution in [0.5, 0.6) is 0 Å². The molecule has 5 heteroatoms. The van der Waals surface area contributed by atoms with E-state index in [0.717, 1.165) is 29.0 Å². The predicted molar refractivity (Wildman–Crippen MR) is 82.2 cm³/mol. The molecule has 114 valence electrons. The molecule has 0 aromatic carbocycles. The third-order valence-corrected chi connectivity index (χ3v) is 5.02. The Morgan fingerprint density at radius 3 is 2.76 bits per heavy atom. The van der Waals surface area contributed by atoms with E-state index in [1.807, 2.05) is 23.7 Å². The second-order valence-corrected chi connectivity index (χ2v) is 6.87. The summed E-state index contributed by atoms with van der Waals surface area (Å²) >= 11 is 0. The molecule has 1 saturated carbocycles. The van der Waals surface area contributed by atoms with Crippen molar-refractivity contribution in [2.45, 2.75) is 59.2 Å². The van der Waals surface area contributed by atoms with Gasteiger partial charge in [-0.15, -0.1) is 0 Å². The Morgan fingerprint density at radius 2 is 2.14 bits per heavy atom. The fraction of sp³-hybridized carbons (Fsp3) is 0.625. The SMILES string of the molecule is Cc1cc2ncc(C(C)NC3CC(O)C3(C)C)c(C)n2n1. The van der Waals surface area contributed by atoms with Gasteiger partial charge in [0.1, 0.15) is 0 Å². The number of nitrogens with one attached hydrogen (secondary N) is 1. The number of aromatic nitrogens is 3. The molecule has 3 atom stereocenters. The van der Waals surface area contributed by atoms with Crippen LogP contribution in [0.2, 0.25) is 0 Å². The fourth-order valence-corrected chi connectivity index (χ4v) is 3.18. The average molecular weight is 288 g/mol. The van der Waals surface area contributed by atoms with E-state index in [-0.39, 0.29) is 17.6 Å². The van der Waals surface area contributed by atoms with E-state index >= 15 is 0 Å². The van der Waals surface area contributed by atoms with Crippen LogP contribution in [0, 0.1) is 19.3 Å². The van der Waals surface area contributed by atoms with Gasteiger partial charge in [0, 0.05) is 41.0 Å². The monoisotopic (exact) mass is 288 g/mol. The molecule has 0 saturated heterocycles. The molecule has 0 amide bonds. The van der Waals surface area contributed by atoms with Crippen molar-refractivity contribution in [3.8, 4) is 0 Å². The van der Waals surface area contributed by atoms with Crippen LogP contribution in [0.4, 0.5) is 0 Å². The van der Waals surface area contributed by atoms with E-state index in [0.29, 0.717) is 6.04 Å². The Morgan fingerprint density at radius 1 is 1.43 bits per heavy atom. The summed E-state index contributed by atoms with van der Waals surface area (Å²) in [5, 5.41) is 18.0. The van der Waals surface area contributed by atoms with E-state index in [2.05, 4.69) is 43.1 Å². The van der Waals surface area contributed by atoms with E-state index in [9.17, 15) is 5.11 Å². The van der Waals surface area contributed by atoms with Crippen molar-refractivity contribution in [2.24, 2.45) is 5.41 Å². The first-order valence-electron chi connectivity index (χ1n) is 7.56. The average Bonchev–Trinajstić information content (AvgIpc) is 2.80. The van der Waals surface area contributed by atoms with Crippen LogP contribution >= 0.6 is 0 Å². The summed E-state index contributed by atoms with van der Waals surface area (Å²) in [7, 11) is 0. The van der Waals surface area contributed by atoms with Crippen LogP contribution in [-0.4, -0.2) is 31.9 Å². The van der Waals surface area contributed by atoms with E-state index in [4.69, 9.17) is 0 Å². The molecule has 1 fully saturated rings. The molecule has 3 unspecified atom stereocenters. The molecule has 5 nitrogen and oxygen atoms in total. The summed E-state index contributed by atoms with van der Waals surface area (Å²) in [6.45, 7) is 10.4. The number of aryl methyl sites for hydroxylation is 2. The number of hydrogen-bond acceptors (Lipinski definition) is 4. The van der Waals surface area contributed by atoms with Gasteiger partial charge in [0.15, 0.2) is 5.65 Å². The van der Waals surface area contributed by atoms with Gasteiger partial charge in [-0.3, -0.25) is 0 Å². The van der Waals surface area contributed by atoms with Crippen LogP contribution in [0.15, 0.2) is 12.3 Å². The van der Waals surface area contributed by atoms with Gasteiger partial charge >= 0.3 is 0 Å². The first kappa shape index (κ1) is 14.5. The number of aliphatic hydroxyl groups excluding tert-OH is 1. The molecule has 3 rings (SSSR count). The highest BCUT2D eigenvalue weighted by Gasteiger charge is 2.47. The lowest BCUT2D eigenvalue weighted by atomic mass is 9.64. The maximum absolute atomic E-state index is 9.86. The normalized spacial score (nSPS) is 25.8. The second-order valence-electron chi connectivity index (χ2n) is 6.87. The van der Waals surface area contributed by atoms with Gasteiger partial charge < -0.3 is 10.4 Å². The molecule has 0 radical (unpaired) electrons. The zero-order valence-electron chi connectivity index (χ0n) is 13.4. The lowest BCUT2D eigenvalue weighted by molar-refractivity contribution is -0.0755. The lowest BCUT2D eigenvalue weighted by Crippen LogP contribution is -2.60. The van der Waals surface area contributed by atoms with Gasteiger partial charge in [-0.25, -0.2) is 9.50 Å². The van der Waals surface area contributed by atoms with Gasteiger partial charge in [0.2, 0.25) is 0 Å². The second kappa shape index (κ2) is 4.78. The third-order valence-electron chi connectivity index (χ3n) is 5.02. The van der Waals surface area contributed by atoms with Gasteiger partial charge in [0.25, 0.3) is 0 Å². The molecule has 2 heterocycles. The Balaban J connectivity index is 1.85. The Labute approximate surface area is 125 Å². The van der Waals surface area contributed by atoms with Gasteiger partial charge in [-0.2, -0.15) is 5.10 Å². The molecular formula is C16H24N4O. The maximum Gasteiger partial charge on any atom is 0.155 e. The molecule has 21 heavy (non-hydrogen) atoms. The van der Waals surface area contributed by atoms with Crippen LogP contribution < -0.4 is 5.32 Å². The van der Waals surface area contributed by atoms with Crippen molar-refractivity contribution in [1.29, 1.82) is 0 Å². The molecule has 0 spiro atoms. The number of rotatable bonds is 3. The Kier molecular flexibility index (Phi) is 3.30. The topological polar surface area (TPSA) is 62.5 Å².